The first kappa shape index (κ1) is 10.6. The molecule has 6 heteroatoms. The fourth-order valence-electron chi connectivity index (χ4n) is 1.49. The van der Waals surface area contributed by atoms with Crippen LogP contribution in [0.2, 0.25) is 0 Å². The molecular weight excluding hydrogens is 286 g/mol. The van der Waals surface area contributed by atoms with E-state index in [2.05, 4.69) is 15.9 Å². The molecule has 0 N–H and O–H groups in total. The Kier molecular flexibility index (Phi) is 2.97. The summed E-state index contributed by atoms with van der Waals surface area (Å²) in [6.07, 6.45) is 1.96. The fourth-order valence-corrected chi connectivity index (χ4v) is 5.17. The molecule has 0 saturated carbocycles. The standard InChI is InChI=1S/C8H10BrNO2S2/c9-7-3-4-8(13-7)14(11,12)10-5-1-2-6-10/h3-4H,1-2,5-6H2. The van der Waals surface area contributed by atoms with Gasteiger partial charge in [-0.05, 0) is 40.9 Å². The maximum absolute atomic E-state index is 12.0. The molecule has 0 amide bonds. The quantitative estimate of drug-likeness (QED) is 0.839. The highest BCUT2D eigenvalue weighted by atomic mass is 79.9. The van der Waals surface area contributed by atoms with Gasteiger partial charge >= 0.3 is 0 Å². The van der Waals surface area contributed by atoms with Gasteiger partial charge in [0.15, 0.2) is 0 Å². The second-order valence-corrected chi connectivity index (χ2v) is 7.80. The second kappa shape index (κ2) is 3.92. The lowest BCUT2D eigenvalue weighted by molar-refractivity contribution is 0.479. The fraction of sp³-hybridized carbons (Fsp3) is 0.500. The molecule has 78 valence electrons. The predicted molar refractivity (Wildman–Crippen MR) is 60.0 cm³/mol. The maximum Gasteiger partial charge on any atom is 0.252 e. The Morgan fingerprint density at radius 1 is 1.29 bits per heavy atom. The van der Waals surface area contributed by atoms with E-state index < -0.39 is 10.0 Å². The van der Waals surface area contributed by atoms with Crippen molar-refractivity contribution < 1.29 is 8.42 Å². The SMILES string of the molecule is O=S(=O)(c1ccc(Br)s1)N1CCCC1. The molecule has 0 spiro atoms. The van der Waals surface area contributed by atoms with Crippen molar-refractivity contribution in [3.8, 4) is 0 Å². The van der Waals surface area contributed by atoms with Crippen molar-refractivity contribution >= 4 is 37.3 Å². The van der Waals surface area contributed by atoms with Crippen LogP contribution in [0.25, 0.3) is 0 Å². The second-order valence-electron chi connectivity index (χ2n) is 3.17. The van der Waals surface area contributed by atoms with Crippen LogP contribution in [0.15, 0.2) is 20.1 Å². The van der Waals surface area contributed by atoms with Gasteiger partial charge in [0.25, 0.3) is 10.0 Å². The van der Waals surface area contributed by atoms with Crippen LogP contribution in [0.5, 0.6) is 0 Å². The van der Waals surface area contributed by atoms with E-state index in [0.717, 1.165) is 16.6 Å². The van der Waals surface area contributed by atoms with Crippen molar-refractivity contribution in [1.29, 1.82) is 0 Å². The Balaban J connectivity index is 2.32. The molecule has 0 radical (unpaired) electrons. The minimum atomic E-state index is -3.20. The van der Waals surface area contributed by atoms with E-state index in [1.54, 1.807) is 16.4 Å². The van der Waals surface area contributed by atoms with Gasteiger partial charge in [0.05, 0.1) is 3.79 Å². The monoisotopic (exact) mass is 295 g/mol. The van der Waals surface area contributed by atoms with Crippen LogP contribution in [0.1, 0.15) is 12.8 Å². The van der Waals surface area contributed by atoms with E-state index in [1.807, 2.05) is 0 Å². The van der Waals surface area contributed by atoms with Gasteiger partial charge in [-0.2, -0.15) is 4.31 Å². The number of hydrogen-bond donors (Lipinski definition) is 0. The van der Waals surface area contributed by atoms with Crippen molar-refractivity contribution in [2.24, 2.45) is 0 Å². The lowest BCUT2D eigenvalue weighted by Gasteiger charge is -2.13. The van der Waals surface area contributed by atoms with Gasteiger partial charge < -0.3 is 0 Å². The molecule has 0 bridgehead atoms. The van der Waals surface area contributed by atoms with E-state index in [-0.39, 0.29) is 0 Å². The summed E-state index contributed by atoms with van der Waals surface area (Å²) in [5, 5.41) is 0. The molecule has 1 saturated heterocycles. The topological polar surface area (TPSA) is 37.4 Å². The zero-order valence-corrected chi connectivity index (χ0v) is 10.7. The molecule has 3 nitrogen and oxygen atoms in total. The van der Waals surface area contributed by atoms with Gasteiger partial charge in [-0.1, -0.05) is 0 Å². The van der Waals surface area contributed by atoms with Crippen LogP contribution in [0, 0.1) is 0 Å². The largest absolute Gasteiger partial charge is 0.252 e. The Morgan fingerprint density at radius 2 is 1.93 bits per heavy atom. The van der Waals surface area contributed by atoms with Gasteiger partial charge in [-0.3, -0.25) is 0 Å². The Labute approximate surface area is 95.9 Å². The van der Waals surface area contributed by atoms with Gasteiger partial charge in [0.1, 0.15) is 4.21 Å². The highest BCUT2D eigenvalue weighted by Gasteiger charge is 2.28. The molecule has 0 aliphatic carbocycles. The van der Waals surface area contributed by atoms with Crippen molar-refractivity contribution in [2.75, 3.05) is 13.1 Å². The van der Waals surface area contributed by atoms with Crippen LogP contribution in [0.4, 0.5) is 0 Å². The normalized spacial score (nSPS) is 18.9. The van der Waals surface area contributed by atoms with Crippen LogP contribution >= 0.6 is 27.3 Å². The molecule has 2 heterocycles. The molecule has 0 aromatic carbocycles. The number of hydrogen-bond acceptors (Lipinski definition) is 3. The Bertz CT molecular complexity index is 420. The molecule has 0 unspecified atom stereocenters. The predicted octanol–water partition coefficient (Wildman–Crippen LogP) is 2.30. The summed E-state index contributed by atoms with van der Waals surface area (Å²) in [7, 11) is -3.20. The van der Waals surface area contributed by atoms with Crippen LogP contribution in [0.3, 0.4) is 0 Å². The van der Waals surface area contributed by atoms with Gasteiger partial charge in [-0.25, -0.2) is 8.42 Å². The number of sulfonamides is 1. The summed E-state index contributed by atoms with van der Waals surface area (Å²) in [4.78, 5) is 0. The van der Waals surface area contributed by atoms with Gasteiger partial charge in [-0.15, -0.1) is 11.3 Å². The lowest BCUT2D eigenvalue weighted by atomic mass is 10.4. The van der Waals surface area contributed by atoms with Crippen molar-refractivity contribution in [3.05, 3.63) is 15.9 Å². The first-order valence-electron chi connectivity index (χ1n) is 4.36. The highest BCUT2D eigenvalue weighted by molar-refractivity contribution is 9.11. The number of nitrogens with zero attached hydrogens (tertiary/aromatic N) is 1. The Hall–Kier alpha value is 0.0900. The zero-order valence-electron chi connectivity index (χ0n) is 7.44. The molecule has 2 rings (SSSR count). The number of thiophene rings is 1. The maximum atomic E-state index is 12.0. The summed E-state index contributed by atoms with van der Waals surface area (Å²) in [6.45, 7) is 1.33. The number of rotatable bonds is 2. The molecule has 14 heavy (non-hydrogen) atoms. The molecule has 1 fully saturated rings. The van der Waals surface area contributed by atoms with E-state index >= 15 is 0 Å². The summed E-state index contributed by atoms with van der Waals surface area (Å²) in [6, 6.07) is 3.43. The van der Waals surface area contributed by atoms with Crippen LogP contribution in [-0.2, 0) is 10.0 Å². The molecule has 0 atom stereocenters. The highest BCUT2D eigenvalue weighted by Crippen LogP contribution is 2.29. The van der Waals surface area contributed by atoms with Crippen LogP contribution in [-0.4, -0.2) is 25.8 Å². The van der Waals surface area contributed by atoms with Crippen molar-refractivity contribution in [1.82, 2.24) is 4.31 Å². The van der Waals surface area contributed by atoms with Crippen molar-refractivity contribution in [3.63, 3.8) is 0 Å². The lowest BCUT2D eigenvalue weighted by Crippen LogP contribution is -2.27. The summed E-state index contributed by atoms with van der Waals surface area (Å²) in [5.74, 6) is 0. The molecule has 1 aromatic heterocycles. The van der Waals surface area contributed by atoms with E-state index in [4.69, 9.17) is 0 Å². The number of halogens is 1. The minimum Gasteiger partial charge on any atom is -0.206 e. The average molecular weight is 296 g/mol. The molecule has 1 aromatic rings. The smallest absolute Gasteiger partial charge is 0.206 e. The van der Waals surface area contributed by atoms with E-state index in [0.29, 0.717) is 17.3 Å². The Morgan fingerprint density at radius 3 is 2.43 bits per heavy atom. The third kappa shape index (κ3) is 1.88. The van der Waals surface area contributed by atoms with Crippen LogP contribution < -0.4 is 0 Å². The molecule has 1 aliphatic rings. The minimum absolute atomic E-state index is 0.436. The summed E-state index contributed by atoms with van der Waals surface area (Å²) < 4.78 is 26.8. The van der Waals surface area contributed by atoms with Gasteiger partial charge in [0, 0.05) is 13.1 Å². The molecule has 1 aliphatic heterocycles. The third-order valence-electron chi connectivity index (χ3n) is 2.21. The van der Waals surface area contributed by atoms with E-state index in [1.165, 1.54) is 11.3 Å². The first-order valence-corrected chi connectivity index (χ1v) is 7.41. The zero-order chi connectivity index (χ0) is 10.2. The summed E-state index contributed by atoms with van der Waals surface area (Å²) >= 11 is 4.54. The average Bonchev–Trinajstić information content (AvgIpc) is 2.72. The van der Waals surface area contributed by atoms with E-state index in [9.17, 15) is 8.42 Å². The third-order valence-corrected chi connectivity index (χ3v) is 6.20. The summed E-state index contributed by atoms with van der Waals surface area (Å²) in [5.41, 5.74) is 0. The van der Waals surface area contributed by atoms with Gasteiger partial charge in [0.2, 0.25) is 0 Å². The first-order chi connectivity index (χ1) is 6.60. The van der Waals surface area contributed by atoms with Crippen molar-refractivity contribution in [2.45, 2.75) is 17.1 Å². The molecular formula is C8H10BrNO2S2.